The van der Waals surface area contributed by atoms with E-state index in [1.54, 1.807) is 18.2 Å². The number of phenols is 1. The van der Waals surface area contributed by atoms with Crippen LogP contribution in [-0.4, -0.2) is 31.6 Å². The van der Waals surface area contributed by atoms with Gasteiger partial charge < -0.3 is 10.2 Å². The Labute approximate surface area is 157 Å². The lowest BCUT2D eigenvalue weighted by Gasteiger charge is -2.21. The molecule has 0 aromatic heterocycles. The van der Waals surface area contributed by atoms with Crippen molar-refractivity contribution in [1.29, 1.82) is 0 Å². The number of rotatable bonds is 5. The van der Waals surface area contributed by atoms with E-state index in [0.717, 1.165) is 15.4 Å². The standard InChI is InChI=1S/C20H17NO5S/c1-21(18-12-6-11-17(19(18)22)20(23)24)27(25,26)16-10-5-9-15(13-16)14-7-3-2-4-8-14/h2-13,22H,1H3,(H,23,24). The molecule has 0 amide bonds. The van der Waals surface area contributed by atoms with Crippen LogP contribution in [0, 0.1) is 0 Å². The van der Waals surface area contributed by atoms with Gasteiger partial charge in [-0.25, -0.2) is 13.2 Å². The maximum Gasteiger partial charge on any atom is 0.339 e. The normalized spacial score (nSPS) is 11.1. The second-order valence-electron chi connectivity index (χ2n) is 5.84. The number of carboxylic acids is 1. The van der Waals surface area contributed by atoms with Gasteiger partial charge in [0, 0.05) is 7.05 Å². The average molecular weight is 383 g/mol. The van der Waals surface area contributed by atoms with Gasteiger partial charge in [-0.15, -0.1) is 0 Å². The fourth-order valence-electron chi connectivity index (χ4n) is 2.71. The number of anilines is 1. The number of carboxylic acid groups (broad SMARTS) is 1. The largest absolute Gasteiger partial charge is 0.505 e. The lowest BCUT2D eigenvalue weighted by molar-refractivity contribution is 0.0694. The van der Waals surface area contributed by atoms with Gasteiger partial charge in [0.05, 0.1) is 10.6 Å². The van der Waals surface area contributed by atoms with E-state index in [1.165, 1.54) is 31.3 Å². The smallest absolute Gasteiger partial charge is 0.339 e. The van der Waals surface area contributed by atoms with Crippen LogP contribution in [0.4, 0.5) is 5.69 Å². The minimum absolute atomic E-state index is 0.0338. The molecular formula is C20H17NO5S. The molecule has 0 aliphatic carbocycles. The Hall–Kier alpha value is -3.32. The van der Waals surface area contributed by atoms with Crippen molar-refractivity contribution in [3.05, 3.63) is 78.4 Å². The van der Waals surface area contributed by atoms with Crippen LogP contribution in [-0.2, 0) is 10.0 Å². The molecule has 0 radical (unpaired) electrons. The number of hydrogen-bond donors (Lipinski definition) is 2. The summed E-state index contributed by atoms with van der Waals surface area (Å²) in [5.41, 5.74) is 1.12. The van der Waals surface area contributed by atoms with E-state index in [4.69, 9.17) is 5.11 Å². The number of nitrogens with zero attached hydrogens (tertiary/aromatic N) is 1. The van der Waals surface area contributed by atoms with Crippen LogP contribution < -0.4 is 4.31 Å². The predicted octanol–water partition coefficient (Wildman–Crippen LogP) is 3.58. The molecule has 138 valence electrons. The van der Waals surface area contributed by atoms with E-state index in [1.807, 2.05) is 30.3 Å². The first-order valence-corrected chi connectivity index (χ1v) is 9.46. The summed E-state index contributed by atoms with van der Waals surface area (Å²) in [5.74, 6) is -1.94. The summed E-state index contributed by atoms with van der Waals surface area (Å²) >= 11 is 0. The topological polar surface area (TPSA) is 94.9 Å². The summed E-state index contributed by atoms with van der Waals surface area (Å²) in [4.78, 5) is 11.2. The van der Waals surface area contributed by atoms with Crippen LogP contribution in [0.5, 0.6) is 5.75 Å². The van der Waals surface area contributed by atoms with Gasteiger partial charge in [0.15, 0.2) is 5.75 Å². The molecule has 0 fully saturated rings. The van der Waals surface area contributed by atoms with Crippen molar-refractivity contribution in [2.75, 3.05) is 11.4 Å². The number of sulfonamides is 1. The summed E-state index contributed by atoms with van der Waals surface area (Å²) in [7, 11) is -2.74. The minimum Gasteiger partial charge on any atom is -0.505 e. The first-order chi connectivity index (χ1) is 12.8. The van der Waals surface area contributed by atoms with Crippen molar-refractivity contribution in [2.24, 2.45) is 0 Å². The SMILES string of the molecule is CN(c1cccc(C(=O)O)c1O)S(=O)(=O)c1cccc(-c2ccccc2)c1. The van der Waals surface area contributed by atoms with E-state index >= 15 is 0 Å². The number of para-hydroxylation sites is 1. The summed E-state index contributed by atoms with van der Waals surface area (Å²) in [6.07, 6.45) is 0. The van der Waals surface area contributed by atoms with Crippen molar-refractivity contribution in [3.63, 3.8) is 0 Å². The molecule has 0 saturated carbocycles. The fourth-order valence-corrected chi connectivity index (χ4v) is 3.96. The highest BCUT2D eigenvalue weighted by Gasteiger charge is 2.25. The lowest BCUT2D eigenvalue weighted by atomic mass is 10.1. The average Bonchev–Trinajstić information content (AvgIpc) is 2.68. The molecule has 3 aromatic carbocycles. The molecule has 0 unspecified atom stereocenters. The van der Waals surface area contributed by atoms with Crippen molar-refractivity contribution in [3.8, 4) is 16.9 Å². The van der Waals surface area contributed by atoms with Gasteiger partial charge in [-0.1, -0.05) is 48.5 Å². The molecule has 3 aromatic rings. The highest BCUT2D eigenvalue weighted by molar-refractivity contribution is 7.92. The fraction of sp³-hybridized carbons (Fsp3) is 0.0500. The Morgan fingerprint density at radius 1 is 0.889 bits per heavy atom. The maximum absolute atomic E-state index is 13.0. The molecule has 0 saturated heterocycles. The zero-order valence-electron chi connectivity index (χ0n) is 14.4. The van der Waals surface area contributed by atoms with Crippen LogP contribution in [0.25, 0.3) is 11.1 Å². The summed E-state index contributed by atoms with van der Waals surface area (Å²) in [6.45, 7) is 0. The van der Waals surface area contributed by atoms with Gasteiger partial charge in [0.1, 0.15) is 5.56 Å². The molecular weight excluding hydrogens is 366 g/mol. The van der Waals surface area contributed by atoms with Gasteiger partial charge in [0.2, 0.25) is 0 Å². The molecule has 0 bridgehead atoms. The molecule has 0 aliphatic heterocycles. The zero-order valence-corrected chi connectivity index (χ0v) is 15.2. The van der Waals surface area contributed by atoms with Crippen molar-refractivity contribution in [1.82, 2.24) is 0 Å². The number of hydrogen-bond acceptors (Lipinski definition) is 4. The third kappa shape index (κ3) is 3.50. The maximum atomic E-state index is 13.0. The molecule has 0 spiro atoms. The van der Waals surface area contributed by atoms with E-state index in [2.05, 4.69) is 0 Å². The van der Waals surface area contributed by atoms with Crippen LogP contribution in [0.3, 0.4) is 0 Å². The Morgan fingerprint density at radius 3 is 2.19 bits per heavy atom. The number of aromatic carboxylic acids is 1. The highest BCUT2D eigenvalue weighted by Crippen LogP contribution is 2.34. The quantitative estimate of drug-likeness (QED) is 0.702. The van der Waals surface area contributed by atoms with Crippen LogP contribution in [0.1, 0.15) is 10.4 Å². The van der Waals surface area contributed by atoms with Crippen LogP contribution >= 0.6 is 0 Å². The van der Waals surface area contributed by atoms with Gasteiger partial charge in [-0.05, 0) is 35.4 Å². The second kappa shape index (κ2) is 7.13. The Morgan fingerprint density at radius 2 is 1.52 bits per heavy atom. The van der Waals surface area contributed by atoms with Gasteiger partial charge in [-0.2, -0.15) is 0 Å². The summed E-state index contributed by atoms with van der Waals surface area (Å²) in [5, 5.41) is 19.3. The van der Waals surface area contributed by atoms with Crippen molar-refractivity contribution >= 4 is 21.7 Å². The molecule has 0 heterocycles. The van der Waals surface area contributed by atoms with E-state index < -0.39 is 21.7 Å². The molecule has 27 heavy (non-hydrogen) atoms. The highest BCUT2D eigenvalue weighted by atomic mass is 32.2. The van der Waals surface area contributed by atoms with E-state index in [9.17, 15) is 18.3 Å². The minimum atomic E-state index is -4.01. The van der Waals surface area contributed by atoms with E-state index in [0.29, 0.717) is 0 Å². The molecule has 3 rings (SSSR count). The molecule has 6 nitrogen and oxygen atoms in total. The molecule has 2 N–H and O–H groups in total. The zero-order chi connectivity index (χ0) is 19.6. The molecule has 0 aliphatic rings. The monoisotopic (exact) mass is 383 g/mol. The van der Waals surface area contributed by atoms with Crippen molar-refractivity contribution < 1.29 is 23.4 Å². The van der Waals surface area contributed by atoms with Crippen LogP contribution in [0.2, 0.25) is 0 Å². The number of aromatic hydroxyl groups is 1. The van der Waals surface area contributed by atoms with Gasteiger partial charge in [0.25, 0.3) is 10.0 Å². The Balaban J connectivity index is 2.05. The third-order valence-electron chi connectivity index (χ3n) is 4.18. The first-order valence-electron chi connectivity index (χ1n) is 8.02. The molecule has 0 atom stereocenters. The number of benzene rings is 3. The van der Waals surface area contributed by atoms with E-state index in [-0.39, 0.29) is 16.1 Å². The van der Waals surface area contributed by atoms with Gasteiger partial charge in [-0.3, -0.25) is 4.31 Å². The second-order valence-corrected chi connectivity index (χ2v) is 7.81. The van der Waals surface area contributed by atoms with Crippen LogP contribution in [0.15, 0.2) is 77.7 Å². The predicted molar refractivity (Wildman–Crippen MR) is 103 cm³/mol. The third-order valence-corrected chi connectivity index (χ3v) is 5.95. The van der Waals surface area contributed by atoms with Gasteiger partial charge >= 0.3 is 5.97 Å². The number of carbonyl (C=O) groups is 1. The Kier molecular flexibility index (Phi) is 4.87. The Bertz CT molecular complexity index is 1090. The summed E-state index contributed by atoms with van der Waals surface area (Å²) in [6, 6.07) is 19.7. The lowest BCUT2D eigenvalue weighted by Crippen LogP contribution is -2.27. The molecule has 7 heteroatoms. The first kappa shape index (κ1) is 18.5. The van der Waals surface area contributed by atoms with Crippen molar-refractivity contribution in [2.45, 2.75) is 4.90 Å². The summed E-state index contributed by atoms with van der Waals surface area (Å²) < 4.78 is 26.9.